The third-order valence-corrected chi connectivity index (χ3v) is 5.01. The van der Waals surface area contributed by atoms with Crippen LogP contribution in [-0.4, -0.2) is 28.1 Å². The molecule has 3 aromatic rings. The number of carbonyl (C=O) groups is 1. The van der Waals surface area contributed by atoms with Crippen LogP contribution in [0.15, 0.2) is 48.7 Å². The number of hydrogen-bond acceptors (Lipinski definition) is 4. The van der Waals surface area contributed by atoms with Crippen LogP contribution < -0.4 is 0 Å². The van der Waals surface area contributed by atoms with Crippen LogP contribution in [0.5, 0.6) is 0 Å². The zero-order valence-corrected chi connectivity index (χ0v) is 16.9. The van der Waals surface area contributed by atoms with Crippen molar-refractivity contribution in [3.05, 3.63) is 71.2 Å². The molecule has 0 N–H and O–H groups in total. The summed E-state index contributed by atoms with van der Waals surface area (Å²) in [6, 6.07) is 10.2. The number of nitrogens with zero attached hydrogens (tertiary/aromatic N) is 2. The second-order valence-electron chi connectivity index (χ2n) is 7.95. The van der Waals surface area contributed by atoms with Crippen LogP contribution in [0.25, 0.3) is 5.65 Å². The predicted molar refractivity (Wildman–Crippen MR) is 106 cm³/mol. The molecule has 0 bridgehead atoms. The Hall–Kier alpha value is -3.31. The van der Waals surface area contributed by atoms with E-state index in [-0.39, 0.29) is 18.8 Å². The Labute approximate surface area is 176 Å². The molecule has 1 fully saturated rings. The lowest BCUT2D eigenvalue weighted by atomic mass is 9.90. The van der Waals surface area contributed by atoms with Crippen molar-refractivity contribution in [3.63, 3.8) is 0 Å². The minimum atomic E-state index is -4.44. The van der Waals surface area contributed by atoms with E-state index in [0.717, 1.165) is 12.1 Å². The number of cyclic esters (lactones) is 1. The molecule has 0 spiro atoms. The monoisotopic (exact) mass is 428 g/mol. The Balaban J connectivity index is 1.67. The zero-order chi connectivity index (χ0) is 22.2. The molecule has 1 aliphatic rings. The Bertz CT molecular complexity index is 1200. The number of alkyl halides is 3. The number of aromatic nitrogens is 2. The molecule has 0 radical (unpaired) electrons. The number of pyridine rings is 1. The molecule has 0 aliphatic carbocycles. The van der Waals surface area contributed by atoms with E-state index in [2.05, 4.69) is 16.8 Å². The minimum Gasteiger partial charge on any atom is -0.463 e. The average molecular weight is 428 g/mol. The number of esters is 1. The first kappa shape index (κ1) is 20.9. The quantitative estimate of drug-likeness (QED) is 0.463. The van der Waals surface area contributed by atoms with E-state index in [9.17, 15) is 18.0 Å². The highest BCUT2D eigenvalue weighted by Crippen LogP contribution is 2.32. The second-order valence-corrected chi connectivity index (χ2v) is 7.95. The van der Waals surface area contributed by atoms with Crippen molar-refractivity contribution in [2.45, 2.75) is 32.7 Å². The molecule has 2 aromatic heterocycles. The fraction of sp³-hybridized carbons (Fsp3) is 0.304. The van der Waals surface area contributed by atoms with Gasteiger partial charge in [-0.25, -0.2) is 9.78 Å². The van der Waals surface area contributed by atoms with Crippen LogP contribution in [0.2, 0.25) is 0 Å². The van der Waals surface area contributed by atoms with Gasteiger partial charge in [0.15, 0.2) is 6.10 Å². The van der Waals surface area contributed by atoms with Gasteiger partial charge in [0.25, 0.3) is 0 Å². The van der Waals surface area contributed by atoms with Gasteiger partial charge in [-0.2, -0.15) is 13.2 Å². The van der Waals surface area contributed by atoms with E-state index in [0.29, 0.717) is 17.0 Å². The van der Waals surface area contributed by atoms with Crippen LogP contribution in [0.4, 0.5) is 13.2 Å². The maximum atomic E-state index is 13.0. The highest BCUT2D eigenvalue weighted by atomic mass is 19.4. The first-order valence-corrected chi connectivity index (χ1v) is 9.59. The maximum absolute atomic E-state index is 13.0. The molecular weight excluding hydrogens is 409 g/mol. The van der Waals surface area contributed by atoms with Crippen molar-refractivity contribution >= 4 is 11.6 Å². The number of imidazole rings is 1. The number of benzene rings is 1. The first-order chi connectivity index (χ1) is 14.6. The molecule has 4 rings (SSSR count). The summed E-state index contributed by atoms with van der Waals surface area (Å²) in [6.45, 7) is 4.03. The molecule has 1 unspecified atom stereocenters. The molecule has 31 heavy (non-hydrogen) atoms. The summed E-state index contributed by atoms with van der Waals surface area (Å²) in [4.78, 5) is 16.5. The molecule has 1 saturated heterocycles. The summed E-state index contributed by atoms with van der Waals surface area (Å²) < 4.78 is 51.6. The third kappa shape index (κ3) is 4.28. The fourth-order valence-corrected chi connectivity index (χ4v) is 3.37. The van der Waals surface area contributed by atoms with Gasteiger partial charge in [-0.1, -0.05) is 31.9 Å². The summed E-state index contributed by atoms with van der Waals surface area (Å²) in [6.07, 6.45) is -3.42. The van der Waals surface area contributed by atoms with Gasteiger partial charge in [0.05, 0.1) is 18.8 Å². The van der Waals surface area contributed by atoms with E-state index in [1.54, 1.807) is 22.7 Å². The van der Waals surface area contributed by atoms with Gasteiger partial charge in [-0.3, -0.25) is 4.40 Å². The molecular formula is C23H19F3N2O3. The van der Waals surface area contributed by atoms with Crippen LogP contribution in [0.1, 0.15) is 36.4 Å². The minimum absolute atomic E-state index is 0.0114. The van der Waals surface area contributed by atoms with E-state index < -0.39 is 29.2 Å². The fourth-order valence-electron chi connectivity index (χ4n) is 3.37. The Morgan fingerprint density at radius 1 is 1.23 bits per heavy atom. The van der Waals surface area contributed by atoms with Gasteiger partial charge < -0.3 is 9.47 Å². The van der Waals surface area contributed by atoms with Crippen LogP contribution in [-0.2, 0) is 27.1 Å². The summed E-state index contributed by atoms with van der Waals surface area (Å²) in [7, 11) is 0. The molecule has 5 nitrogen and oxygen atoms in total. The highest BCUT2D eigenvalue weighted by molar-refractivity contribution is 5.77. The standard InChI is InChI=1S/C23H19F3N2O3/c1-22(2)14-31-21(29)20(22)30-13-17-18(28-11-4-3-8-19(28)27-17)10-9-15-6-5-7-16(12-15)23(24,25)26/h3-8,11-12,20H,13-14H2,1-2H3. The normalized spacial score (nSPS) is 18.0. The Morgan fingerprint density at radius 3 is 2.74 bits per heavy atom. The number of ether oxygens (including phenoxy) is 2. The first-order valence-electron chi connectivity index (χ1n) is 9.59. The molecule has 3 heterocycles. The smallest absolute Gasteiger partial charge is 0.416 e. The SMILES string of the molecule is CC1(C)COC(=O)C1OCc1nc2ccccn2c1C#Cc1cccc(C(F)(F)F)c1. The number of rotatable bonds is 3. The zero-order valence-electron chi connectivity index (χ0n) is 16.9. The van der Waals surface area contributed by atoms with Crippen LogP contribution in [0, 0.1) is 17.3 Å². The molecule has 1 aliphatic heterocycles. The van der Waals surface area contributed by atoms with Crippen molar-refractivity contribution in [2.24, 2.45) is 5.41 Å². The molecule has 1 aromatic carbocycles. The lowest BCUT2D eigenvalue weighted by molar-refractivity contribution is -0.149. The van der Waals surface area contributed by atoms with Crippen molar-refractivity contribution in [1.29, 1.82) is 0 Å². The highest BCUT2D eigenvalue weighted by Gasteiger charge is 2.44. The Morgan fingerprint density at radius 2 is 2.03 bits per heavy atom. The van der Waals surface area contributed by atoms with Crippen molar-refractivity contribution in [2.75, 3.05) is 6.61 Å². The van der Waals surface area contributed by atoms with Gasteiger partial charge in [0.1, 0.15) is 17.0 Å². The summed E-state index contributed by atoms with van der Waals surface area (Å²) >= 11 is 0. The van der Waals surface area contributed by atoms with Gasteiger partial charge in [0.2, 0.25) is 0 Å². The maximum Gasteiger partial charge on any atom is 0.416 e. The van der Waals surface area contributed by atoms with E-state index >= 15 is 0 Å². The lowest BCUT2D eigenvalue weighted by Gasteiger charge is -2.21. The largest absolute Gasteiger partial charge is 0.463 e. The third-order valence-electron chi connectivity index (χ3n) is 5.01. The van der Waals surface area contributed by atoms with Gasteiger partial charge in [-0.15, -0.1) is 0 Å². The van der Waals surface area contributed by atoms with Crippen molar-refractivity contribution < 1.29 is 27.4 Å². The van der Waals surface area contributed by atoms with Crippen molar-refractivity contribution in [3.8, 4) is 11.8 Å². The van der Waals surface area contributed by atoms with E-state index in [1.165, 1.54) is 12.1 Å². The molecule has 0 saturated carbocycles. The number of hydrogen-bond donors (Lipinski definition) is 0. The summed E-state index contributed by atoms with van der Waals surface area (Å²) in [5.41, 5.74) is 0.581. The topological polar surface area (TPSA) is 52.8 Å². The Kier molecular flexibility index (Phi) is 5.23. The number of halogens is 3. The predicted octanol–water partition coefficient (Wildman–Crippen LogP) is 4.22. The molecule has 160 valence electrons. The molecule has 1 atom stereocenters. The summed E-state index contributed by atoms with van der Waals surface area (Å²) in [5.74, 6) is 5.29. The summed E-state index contributed by atoms with van der Waals surface area (Å²) in [5, 5.41) is 0. The molecule has 0 amide bonds. The molecule has 8 heteroatoms. The average Bonchev–Trinajstić information content (AvgIpc) is 3.20. The number of carbonyl (C=O) groups excluding carboxylic acids is 1. The van der Waals surface area contributed by atoms with Gasteiger partial charge in [-0.05, 0) is 36.3 Å². The van der Waals surface area contributed by atoms with Crippen LogP contribution in [0.3, 0.4) is 0 Å². The van der Waals surface area contributed by atoms with Gasteiger partial charge >= 0.3 is 12.1 Å². The number of fused-ring (bicyclic) bond motifs is 1. The second kappa shape index (κ2) is 7.75. The van der Waals surface area contributed by atoms with Crippen LogP contribution >= 0.6 is 0 Å². The van der Waals surface area contributed by atoms with Crippen molar-refractivity contribution in [1.82, 2.24) is 9.38 Å². The van der Waals surface area contributed by atoms with E-state index in [1.807, 2.05) is 19.9 Å². The van der Waals surface area contributed by atoms with E-state index in [4.69, 9.17) is 9.47 Å². The van der Waals surface area contributed by atoms with Gasteiger partial charge in [0, 0.05) is 17.2 Å². The lowest BCUT2D eigenvalue weighted by Crippen LogP contribution is -2.32.